The number of nitrogens with zero attached hydrogens (tertiary/aromatic N) is 1. The Bertz CT molecular complexity index is 349. The minimum atomic E-state index is -0.931. The minimum Gasteiger partial charge on any atom is -0.480 e. The van der Waals surface area contributed by atoms with Crippen LogP contribution in [0.2, 0.25) is 0 Å². The number of likely N-dealkylation sites (N-methyl/N-ethyl adjacent to an activating group) is 1. The number of carbonyl (C=O) groups is 2. The molecule has 0 spiro atoms. The number of nitrogens with one attached hydrogen (secondary N) is 1. The lowest BCUT2D eigenvalue weighted by Crippen LogP contribution is -2.43. The summed E-state index contributed by atoms with van der Waals surface area (Å²) in [5.41, 5.74) is 0. The quantitative estimate of drug-likeness (QED) is 0.656. The summed E-state index contributed by atoms with van der Waals surface area (Å²) in [7, 11) is 1.62. The van der Waals surface area contributed by atoms with Crippen molar-refractivity contribution in [2.24, 2.45) is 5.92 Å². The summed E-state index contributed by atoms with van der Waals surface area (Å²) in [5.74, 6) is -0.511. The van der Waals surface area contributed by atoms with E-state index in [1.807, 2.05) is 0 Å². The maximum absolute atomic E-state index is 11.7. The molecular weight excluding hydrogens is 272 g/mol. The number of rotatable bonds is 8. The standard InChI is InChI=1S/C15H28N2O4/c1-11-6-4-5-7-13(11)21-9-8-16-14(18)10-17(3)12(2)15(19)20/h11-13H,4-10H2,1-3H3,(H,16,18)(H,19,20). The minimum absolute atomic E-state index is 0.0767. The molecule has 1 fully saturated rings. The summed E-state index contributed by atoms with van der Waals surface area (Å²) in [6.07, 6.45) is 5.14. The molecule has 0 radical (unpaired) electrons. The van der Waals surface area contributed by atoms with Crippen molar-refractivity contribution in [1.29, 1.82) is 0 Å². The van der Waals surface area contributed by atoms with Crippen LogP contribution in [0.3, 0.4) is 0 Å². The molecule has 0 aromatic rings. The summed E-state index contributed by atoms with van der Waals surface area (Å²) >= 11 is 0. The molecule has 1 aliphatic rings. The predicted molar refractivity (Wildman–Crippen MR) is 80.1 cm³/mol. The van der Waals surface area contributed by atoms with Crippen LogP contribution in [0.5, 0.6) is 0 Å². The Kier molecular flexibility index (Phi) is 7.67. The number of hydrogen-bond donors (Lipinski definition) is 2. The topological polar surface area (TPSA) is 78.9 Å². The maximum atomic E-state index is 11.7. The third-order valence-electron chi connectivity index (χ3n) is 4.20. The average Bonchev–Trinajstić information content (AvgIpc) is 2.44. The molecule has 0 aliphatic heterocycles. The molecule has 1 amide bonds. The number of carboxylic acids is 1. The molecule has 122 valence electrons. The SMILES string of the molecule is CC1CCCCC1OCCNC(=O)CN(C)C(C)C(=O)O. The third kappa shape index (κ3) is 6.44. The summed E-state index contributed by atoms with van der Waals surface area (Å²) in [4.78, 5) is 24.0. The largest absolute Gasteiger partial charge is 0.480 e. The second-order valence-corrected chi connectivity index (χ2v) is 5.95. The first-order valence-electron chi connectivity index (χ1n) is 7.73. The second kappa shape index (κ2) is 9.00. The highest BCUT2D eigenvalue weighted by molar-refractivity contribution is 5.79. The van der Waals surface area contributed by atoms with Gasteiger partial charge in [0, 0.05) is 6.54 Å². The van der Waals surface area contributed by atoms with Gasteiger partial charge in [0.1, 0.15) is 6.04 Å². The normalized spacial score (nSPS) is 23.8. The molecule has 3 atom stereocenters. The third-order valence-corrected chi connectivity index (χ3v) is 4.20. The van der Waals surface area contributed by atoms with E-state index >= 15 is 0 Å². The van der Waals surface area contributed by atoms with Gasteiger partial charge < -0.3 is 15.2 Å². The van der Waals surface area contributed by atoms with E-state index in [0.717, 1.165) is 6.42 Å². The first-order chi connectivity index (χ1) is 9.91. The number of hydrogen-bond acceptors (Lipinski definition) is 4. The van der Waals surface area contributed by atoms with Crippen molar-refractivity contribution in [2.45, 2.75) is 51.7 Å². The zero-order valence-corrected chi connectivity index (χ0v) is 13.3. The Morgan fingerprint density at radius 2 is 2.05 bits per heavy atom. The van der Waals surface area contributed by atoms with Gasteiger partial charge in [0.15, 0.2) is 0 Å². The van der Waals surface area contributed by atoms with Crippen molar-refractivity contribution in [3.05, 3.63) is 0 Å². The van der Waals surface area contributed by atoms with Gasteiger partial charge in [-0.3, -0.25) is 14.5 Å². The van der Waals surface area contributed by atoms with Crippen molar-refractivity contribution >= 4 is 11.9 Å². The van der Waals surface area contributed by atoms with Crippen molar-refractivity contribution in [3.63, 3.8) is 0 Å². The van der Waals surface area contributed by atoms with Gasteiger partial charge in [-0.25, -0.2) is 0 Å². The molecule has 3 unspecified atom stereocenters. The molecule has 1 rings (SSSR count). The zero-order valence-electron chi connectivity index (χ0n) is 13.3. The van der Waals surface area contributed by atoms with Crippen molar-refractivity contribution in [3.8, 4) is 0 Å². The fourth-order valence-electron chi connectivity index (χ4n) is 2.54. The highest BCUT2D eigenvalue weighted by atomic mass is 16.5. The van der Waals surface area contributed by atoms with Crippen LogP contribution in [-0.2, 0) is 14.3 Å². The molecule has 2 N–H and O–H groups in total. The van der Waals surface area contributed by atoms with Gasteiger partial charge in [-0.2, -0.15) is 0 Å². The molecule has 0 aromatic carbocycles. The van der Waals surface area contributed by atoms with E-state index in [-0.39, 0.29) is 12.5 Å². The molecular formula is C15H28N2O4. The van der Waals surface area contributed by atoms with Gasteiger partial charge in [-0.15, -0.1) is 0 Å². The van der Waals surface area contributed by atoms with Crippen LogP contribution in [0.15, 0.2) is 0 Å². The van der Waals surface area contributed by atoms with Crippen LogP contribution in [0, 0.1) is 5.92 Å². The number of carbonyl (C=O) groups excluding carboxylic acids is 1. The van der Waals surface area contributed by atoms with Gasteiger partial charge in [-0.1, -0.05) is 19.8 Å². The van der Waals surface area contributed by atoms with E-state index in [1.165, 1.54) is 24.2 Å². The Morgan fingerprint density at radius 3 is 2.67 bits per heavy atom. The van der Waals surface area contributed by atoms with Gasteiger partial charge in [0.2, 0.25) is 5.91 Å². The van der Waals surface area contributed by atoms with Crippen LogP contribution in [0.4, 0.5) is 0 Å². The van der Waals surface area contributed by atoms with Crippen molar-refractivity contribution in [1.82, 2.24) is 10.2 Å². The second-order valence-electron chi connectivity index (χ2n) is 5.95. The van der Waals surface area contributed by atoms with E-state index in [4.69, 9.17) is 9.84 Å². The van der Waals surface area contributed by atoms with Crippen molar-refractivity contribution < 1.29 is 19.4 Å². The van der Waals surface area contributed by atoms with Gasteiger partial charge in [0.05, 0.1) is 19.3 Å². The smallest absolute Gasteiger partial charge is 0.320 e. The molecule has 1 aliphatic carbocycles. The van der Waals surface area contributed by atoms with Crippen molar-refractivity contribution in [2.75, 3.05) is 26.7 Å². The summed E-state index contributed by atoms with van der Waals surface area (Å²) in [5, 5.41) is 11.6. The average molecular weight is 300 g/mol. The monoisotopic (exact) mass is 300 g/mol. The zero-order chi connectivity index (χ0) is 15.8. The molecule has 21 heavy (non-hydrogen) atoms. The number of aliphatic carboxylic acids is 1. The van der Waals surface area contributed by atoms with E-state index in [2.05, 4.69) is 12.2 Å². The Balaban J connectivity index is 2.14. The summed E-state index contributed by atoms with van der Waals surface area (Å²) < 4.78 is 5.81. The van der Waals surface area contributed by atoms with E-state index < -0.39 is 12.0 Å². The van der Waals surface area contributed by atoms with Crippen LogP contribution in [0.25, 0.3) is 0 Å². The lowest BCUT2D eigenvalue weighted by Gasteiger charge is -2.28. The fourth-order valence-corrected chi connectivity index (χ4v) is 2.54. The van der Waals surface area contributed by atoms with Crippen LogP contribution in [0.1, 0.15) is 39.5 Å². The summed E-state index contributed by atoms with van der Waals surface area (Å²) in [6.45, 7) is 4.83. The Morgan fingerprint density at radius 1 is 1.38 bits per heavy atom. The lowest BCUT2D eigenvalue weighted by molar-refractivity contribution is -0.142. The van der Waals surface area contributed by atoms with E-state index in [9.17, 15) is 9.59 Å². The maximum Gasteiger partial charge on any atom is 0.320 e. The number of ether oxygens (including phenoxy) is 1. The van der Waals surface area contributed by atoms with Gasteiger partial charge in [-0.05, 0) is 32.7 Å². The van der Waals surface area contributed by atoms with Gasteiger partial charge >= 0.3 is 5.97 Å². The highest BCUT2D eigenvalue weighted by Crippen LogP contribution is 2.25. The van der Waals surface area contributed by atoms with E-state index in [1.54, 1.807) is 14.0 Å². The fraction of sp³-hybridized carbons (Fsp3) is 0.867. The molecule has 1 saturated carbocycles. The Hall–Kier alpha value is -1.14. The summed E-state index contributed by atoms with van der Waals surface area (Å²) in [6, 6.07) is -0.671. The number of carboxylic acid groups (broad SMARTS) is 1. The Labute approximate surface area is 126 Å². The number of amides is 1. The van der Waals surface area contributed by atoms with E-state index in [0.29, 0.717) is 25.2 Å². The molecule has 0 heterocycles. The van der Waals surface area contributed by atoms with Gasteiger partial charge in [0.25, 0.3) is 0 Å². The molecule has 0 saturated heterocycles. The van der Waals surface area contributed by atoms with Crippen LogP contribution < -0.4 is 5.32 Å². The first kappa shape index (κ1) is 17.9. The van der Waals surface area contributed by atoms with Crippen LogP contribution in [-0.4, -0.2) is 60.8 Å². The first-order valence-corrected chi connectivity index (χ1v) is 7.73. The molecule has 0 aromatic heterocycles. The predicted octanol–water partition coefficient (Wildman–Crippen LogP) is 1.10. The van der Waals surface area contributed by atoms with Crippen LogP contribution >= 0.6 is 0 Å². The molecule has 0 bridgehead atoms. The molecule has 6 heteroatoms. The highest BCUT2D eigenvalue weighted by Gasteiger charge is 2.22. The lowest BCUT2D eigenvalue weighted by atomic mass is 9.88. The molecule has 6 nitrogen and oxygen atoms in total.